The normalized spacial score (nSPS) is 12.0. The van der Waals surface area contributed by atoms with Crippen LogP contribution in [0, 0.1) is 18.6 Å². The zero-order chi connectivity index (χ0) is 26.6. The van der Waals surface area contributed by atoms with Gasteiger partial charge in [0.1, 0.15) is 11.6 Å². The van der Waals surface area contributed by atoms with Crippen LogP contribution < -0.4 is 11.1 Å². The molecule has 7 heteroatoms. The first kappa shape index (κ1) is 25.3. The highest BCUT2D eigenvalue weighted by molar-refractivity contribution is 5.89. The molecule has 5 nitrogen and oxygen atoms in total. The molecule has 2 heterocycles. The Balaban J connectivity index is 1.49. The van der Waals surface area contributed by atoms with E-state index in [2.05, 4.69) is 15.3 Å². The minimum Gasteiger partial charge on any atom is -0.361 e. The SMILES string of the molecule is Cc1ccc(-c2cccnc2C(Cc2cc(F)cc(F)c2)NC(=O)Cc2c[nH]c3ccc(CN)cc23)cc1. The molecule has 0 radical (unpaired) electrons. The molecule has 3 aromatic carbocycles. The highest BCUT2D eigenvalue weighted by atomic mass is 19.1. The second-order valence-corrected chi connectivity index (χ2v) is 9.48. The molecule has 0 aliphatic heterocycles. The van der Waals surface area contributed by atoms with E-state index in [0.717, 1.165) is 44.8 Å². The Hall–Kier alpha value is -4.36. The van der Waals surface area contributed by atoms with E-state index < -0.39 is 17.7 Å². The number of fused-ring (bicyclic) bond motifs is 1. The molecule has 0 aliphatic rings. The van der Waals surface area contributed by atoms with E-state index >= 15 is 0 Å². The van der Waals surface area contributed by atoms with Crippen LogP contribution in [0.4, 0.5) is 8.78 Å². The van der Waals surface area contributed by atoms with Gasteiger partial charge in [0.15, 0.2) is 0 Å². The van der Waals surface area contributed by atoms with Crippen LogP contribution in [-0.4, -0.2) is 15.9 Å². The average Bonchev–Trinajstić information content (AvgIpc) is 3.29. The molecule has 1 atom stereocenters. The molecule has 38 heavy (non-hydrogen) atoms. The van der Waals surface area contributed by atoms with Crippen molar-refractivity contribution >= 4 is 16.8 Å². The van der Waals surface area contributed by atoms with Crippen LogP contribution in [0.1, 0.15) is 34.0 Å². The van der Waals surface area contributed by atoms with Crippen molar-refractivity contribution in [1.29, 1.82) is 0 Å². The summed E-state index contributed by atoms with van der Waals surface area (Å²) in [5, 5.41) is 4.02. The number of H-pyrrole nitrogens is 1. The number of halogens is 2. The van der Waals surface area contributed by atoms with E-state index in [1.165, 1.54) is 12.1 Å². The summed E-state index contributed by atoms with van der Waals surface area (Å²) in [7, 11) is 0. The molecule has 5 rings (SSSR count). The first-order valence-corrected chi connectivity index (χ1v) is 12.4. The summed E-state index contributed by atoms with van der Waals surface area (Å²) in [6.07, 6.45) is 3.77. The summed E-state index contributed by atoms with van der Waals surface area (Å²) in [6.45, 7) is 2.41. The molecule has 0 spiro atoms. The highest BCUT2D eigenvalue weighted by Gasteiger charge is 2.22. The number of pyridine rings is 1. The van der Waals surface area contributed by atoms with Gasteiger partial charge in [0.2, 0.25) is 5.91 Å². The van der Waals surface area contributed by atoms with Gasteiger partial charge in [-0.3, -0.25) is 9.78 Å². The number of benzene rings is 3. The molecule has 0 aliphatic carbocycles. The molecule has 4 N–H and O–H groups in total. The van der Waals surface area contributed by atoms with Crippen molar-refractivity contribution in [2.75, 3.05) is 0 Å². The minimum atomic E-state index is -0.667. The number of carbonyl (C=O) groups is 1. The third-order valence-electron chi connectivity index (χ3n) is 6.65. The van der Waals surface area contributed by atoms with Crippen molar-refractivity contribution in [2.45, 2.75) is 32.4 Å². The molecule has 0 saturated carbocycles. The second kappa shape index (κ2) is 10.9. The largest absolute Gasteiger partial charge is 0.361 e. The Morgan fingerprint density at radius 2 is 1.76 bits per heavy atom. The van der Waals surface area contributed by atoms with Gasteiger partial charge in [-0.05, 0) is 65.9 Å². The Morgan fingerprint density at radius 3 is 2.50 bits per heavy atom. The molecule has 192 valence electrons. The molecular weight excluding hydrogens is 482 g/mol. The lowest BCUT2D eigenvalue weighted by atomic mass is 9.94. The first-order chi connectivity index (χ1) is 18.4. The summed E-state index contributed by atoms with van der Waals surface area (Å²) in [5.41, 5.74) is 12.5. The summed E-state index contributed by atoms with van der Waals surface area (Å²) in [4.78, 5) is 21.2. The number of carbonyl (C=O) groups excluding carboxylic acids is 1. The van der Waals surface area contributed by atoms with Crippen molar-refractivity contribution in [2.24, 2.45) is 5.73 Å². The van der Waals surface area contributed by atoms with Crippen molar-refractivity contribution in [3.05, 3.63) is 125 Å². The summed E-state index contributed by atoms with van der Waals surface area (Å²) >= 11 is 0. The minimum absolute atomic E-state index is 0.120. The number of aromatic nitrogens is 2. The fourth-order valence-electron chi connectivity index (χ4n) is 4.77. The lowest BCUT2D eigenvalue weighted by Gasteiger charge is -2.22. The van der Waals surface area contributed by atoms with Crippen LogP contribution in [0.3, 0.4) is 0 Å². The lowest BCUT2D eigenvalue weighted by molar-refractivity contribution is -0.121. The van der Waals surface area contributed by atoms with Crippen molar-refractivity contribution in [1.82, 2.24) is 15.3 Å². The first-order valence-electron chi connectivity index (χ1n) is 12.4. The predicted molar refractivity (Wildman–Crippen MR) is 145 cm³/mol. The van der Waals surface area contributed by atoms with E-state index in [1.807, 2.05) is 67.7 Å². The van der Waals surface area contributed by atoms with Crippen LogP contribution in [0.15, 0.2) is 85.2 Å². The van der Waals surface area contributed by atoms with Crippen LogP contribution >= 0.6 is 0 Å². The number of hydrogen-bond acceptors (Lipinski definition) is 3. The molecular formula is C31H28F2N4O. The quantitative estimate of drug-likeness (QED) is 0.242. The lowest BCUT2D eigenvalue weighted by Crippen LogP contribution is -2.32. The van der Waals surface area contributed by atoms with E-state index in [-0.39, 0.29) is 18.7 Å². The fourth-order valence-corrected chi connectivity index (χ4v) is 4.77. The van der Waals surface area contributed by atoms with E-state index in [4.69, 9.17) is 5.73 Å². The number of amides is 1. The number of nitrogens with one attached hydrogen (secondary N) is 2. The molecule has 1 amide bonds. The smallest absolute Gasteiger partial charge is 0.225 e. The Bertz CT molecular complexity index is 1570. The monoisotopic (exact) mass is 510 g/mol. The third kappa shape index (κ3) is 5.63. The molecule has 5 aromatic rings. The number of nitrogens with zero attached hydrogens (tertiary/aromatic N) is 1. The van der Waals surface area contributed by atoms with E-state index in [0.29, 0.717) is 17.8 Å². The van der Waals surface area contributed by atoms with Crippen LogP contribution in [0.2, 0.25) is 0 Å². The predicted octanol–water partition coefficient (Wildman–Crippen LogP) is 5.92. The van der Waals surface area contributed by atoms with Gasteiger partial charge >= 0.3 is 0 Å². The number of nitrogens with two attached hydrogens (primary N) is 1. The van der Waals surface area contributed by atoms with Gasteiger partial charge in [-0.1, -0.05) is 42.0 Å². The molecule has 2 aromatic heterocycles. The molecule has 0 bridgehead atoms. The van der Waals surface area contributed by atoms with Gasteiger partial charge in [-0.15, -0.1) is 0 Å². The standard InChI is InChI=1S/C31H28F2N4O/c1-19-4-7-22(8-5-19)26-3-2-10-35-31(26)29(14-21-11-24(32)16-25(33)12-21)37-30(38)15-23-18-36-28-9-6-20(17-34)13-27(23)28/h2-13,16,18,29,36H,14-15,17,34H2,1H3,(H,37,38). The van der Waals surface area contributed by atoms with Crippen molar-refractivity contribution in [3.8, 4) is 11.1 Å². The zero-order valence-corrected chi connectivity index (χ0v) is 21.0. The third-order valence-corrected chi connectivity index (χ3v) is 6.65. The maximum absolute atomic E-state index is 14.0. The molecule has 0 fully saturated rings. The second-order valence-electron chi connectivity index (χ2n) is 9.48. The molecule has 0 saturated heterocycles. The highest BCUT2D eigenvalue weighted by Crippen LogP contribution is 2.30. The summed E-state index contributed by atoms with van der Waals surface area (Å²) in [5.74, 6) is -1.56. The van der Waals surface area contributed by atoms with E-state index in [1.54, 1.807) is 6.20 Å². The van der Waals surface area contributed by atoms with Gasteiger partial charge < -0.3 is 16.0 Å². The van der Waals surface area contributed by atoms with Gasteiger partial charge in [-0.25, -0.2) is 8.78 Å². The van der Waals surface area contributed by atoms with Crippen LogP contribution in [-0.2, 0) is 24.2 Å². The number of rotatable bonds is 8. The maximum Gasteiger partial charge on any atom is 0.225 e. The van der Waals surface area contributed by atoms with Crippen molar-refractivity contribution < 1.29 is 13.6 Å². The number of aromatic amines is 1. The van der Waals surface area contributed by atoms with Gasteiger partial charge in [0.25, 0.3) is 0 Å². The Kier molecular flexibility index (Phi) is 7.29. The molecule has 1 unspecified atom stereocenters. The summed E-state index contributed by atoms with van der Waals surface area (Å²) < 4.78 is 28.1. The van der Waals surface area contributed by atoms with Gasteiger partial charge in [-0.2, -0.15) is 0 Å². The zero-order valence-electron chi connectivity index (χ0n) is 21.0. The maximum atomic E-state index is 14.0. The topological polar surface area (TPSA) is 83.8 Å². The number of aryl methyl sites for hydroxylation is 1. The summed E-state index contributed by atoms with van der Waals surface area (Å²) in [6, 6.07) is 20.4. The Morgan fingerprint density at radius 1 is 1.00 bits per heavy atom. The average molecular weight is 511 g/mol. The van der Waals surface area contributed by atoms with Gasteiger partial charge in [0.05, 0.1) is 18.2 Å². The Labute approximate surface area is 219 Å². The van der Waals surface area contributed by atoms with Crippen LogP contribution in [0.25, 0.3) is 22.0 Å². The van der Waals surface area contributed by atoms with Crippen LogP contribution in [0.5, 0.6) is 0 Å². The van der Waals surface area contributed by atoms with Crippen molar-refractivity contribution in [3.63, 3.8) is 0 Å². The van der Waals surface area contributed by atoms with Gasteiger partial charge in [0, 0.05) is 41.5 Å². The fraction of sp³-hybridized carbons (Fsp3) is 0.161. The van der Waals surface area contributed by atoms with E-state index in [9.17, 15) is 13.6 Å². The number of hydrogen-bond donors (Lipinski definition) is 3.